The van der Waals surface area contributed by atoms with E-state index < -0.39 is 0 Å². The quantitative estimate of drug-likeness (QED) is 0.756. The first-order valence-electron chi connectivity index (χ1n) is 8.38. The minimum Gasteiger partial charge on any atom is -0.369 e. The lowest BCUT2D eigenvalue weighted by atomic mass is 10.1. The van der Waals surface area contributed by atoms with Crippen molar-refractivity contribution in [2.75, 3.05) is 24.5 Å². The molecule has 0 radical (unpaired) electrons. The van der Waals surface area contributed by atoms with E-state index in [9.17, 15) is 0 Å². The van der Waals surface area contributed by atoms with Gasteiger partial charge in [-0.15, -0.1) is 0 Å². The molecule has 0 spiro atoms. The Kier molecular flexibility index (Phi) is 6.38. The minimum atomic E-state index is 0.651. The molecule has 0 aromatic heterocycles. The van der Waals surface area contributed by atoms with Crippen molar-refractivity contribution >= 4 is 5.69 Å². The second-order valence-electron chi connectivity index (χ2n) is 6.02. The number of para-hydroxylation sites is 1. The van der Waals surface area contributed by atoms with Crippen molar-refractivity contribution in [2.45, 2.75) is 58.4 Å². The molecule has 0 saturated carbocycles. The van der Waals surface area contributed by atoms with Gasteiger partial charge in [-0.2, -0.15) is 0 Å². The average molecular weight is 274 g/mol. The van der Waals surface area contributed by atoms with Crippen LogP contribution in [0.1, 0.15) is 51.5 Å². The van der Waals surface area contributed by atoms with Gasteiger partial charge in [0.2, 0.25) is 0 Å². The molecule has 112 valence electrons. The summed E-state index contributed by atoms with van der Waals surface area (Å²) >= 11 is 0. The maximum Gasteiger partial charge on any atom is 0.0401 e. The molecule has 0 saturated heterocycles. The van der Waals surface area contributed by atoms with Crippen molar-refractivity contribution in [3.8, 4) is 0 Å². The van der Waals surface area contributed by atoms with Crippen LogP contribution in [0.15, 0.2) is 24.3 Å². The lowest BCUT2D eigenvalue weighted by Crippen LogP contribution is -2.34. The van der Waals surface area contributed by atoms with Gasteiger partial charge in [0.05, 0.1) is 0 Å². The molecule has 0 fully saturated rings. The Labute approximate surface area is 124 Å². The van der Waals surface area contributed by atoms with E-state index >= 15 is 0 Å². The molecule has 1 atom stereocenters. The van der Waals surface area contributed by atoms with Crippen LogP contribution in [-0.2, 0) is 6.42 Å². The van der Waals surface area contributed by atoms with Crippen molar-refractivity contribution in [1.29, 1.82) is 0 Å². The number of rotatable bonds is 7. The molecule has 1 aromatic rings. The number of aryl methyl sites for hydroxylation is 1. The molecular weight excluding hydrogens is 244 g/mol. The molecule has 1 aliphatic rings. The van der Waals surface area contributed by atoms with Crippen LogP contribution in [-0.4, -0.2) is 25.7 Å². The molecule has 2 nitrogen and oxygen atoms in total. The predicted octanol–water partition coefficient (Wildman–Crippen LogP) is 4.00. The fourth-order valence-electron chi connectivity index (χ4n) is 3.16. The van der Waals surface area contributed by atoms with Crippen molar-refractivity contribution in [1.82, 2.24) is 5.32 Å². The van der Waals surface area contributed by atoms with Crippen LogP contribution in [0, 0.1) is 0 Å². The Morgan fingerprint density at radius 1 is 1.20 bits per heavy atom. The van der Waals surface area contributed by atoms with Gasteiger partial charge in [0.1, 0.15) is 0 Å². The van der Waals surface area contributed by atoms with E-state index in [-0.39, 0.29) is 0 Å². The van der Waals surface area contributed by atoms with Crippen molar-refractivity contribution in [3.05, 3.63) is 29.8 Å². The lowest BCUT2D eigenvalue weighted by Gasteiger charge is -2.31. The SMILES string of the molecule is CCCNCCCC(C)N1CCCCc2ccccc21. The van der Waals surface area contributed by atoms with Crippen LogP contribution in [0.5, 0.6) is 0 Å². The minimum absolute atomic E-state index is 0.651. The molecule has 0 bridgehead atoms. The standard InChI is InChI=1S/C18H30N2/c1-3-13-19-14-8-9-16(2)20-15-7-6-11-17-10-4-5-12-18(17)20/h4-5,10,12,16,19H,3,6-9,11,13-15H2,1-2H3. The first kappa shape index (κ1) is 15.4. The summed E-state index contributed by atoms with van der Waals surface area (Å²) in [7, 11) is 0. The molecule has 1 aliphatic heterocycles. The second-order valence-corrected chi connectivity index (χ2v) is 6.02. The summed E-state index contributed by atoms with van der Waals surface area (Å²) in [6.07, 6.45) is 7.70. The summed E-state index contributed by atoms with van der Waals surface area (Å²) in [5.74, 6) is 0. The van der Waals surface area contributed by atoms with Gasteiger partial charge in [-0.25, -0.2) is 0 Å². The number of benzene rings is 1. The van der Waals surface area contributed by atoms with Gasteiger partial charge in [-0.1, -0.05) is 25.1 Å². The monoisotopic (exact) mass is 274 g/mol. The van der Waals surface area contributed by atoms with Gasteiger partial charge in [0.15, 0.2) is 0 Å². The molecule has 20 heavy (non-hydrogen) atoms. The molecule has 1 N–H and O–H groups in total. The molecule has 0 amide bonds. The van der Waals surface area contributed by atoms with E-state index in [0.29, 0.717) is 6.04 Å². The highest BCUT2D eigenvalue weighted by Gasteiger charge is 2.19. The summed E-state index contributed by atoms with van der Waals surface area (Å²) in [6, 6.07) is 9.64. The van der Waals surface area contributed by atoms with E-state index in [1.807, 2.05) is 0 Å². The first-order chi connectivity index (χ1) is 9.83. The van der Waals surface area contributed by atoms with Crippen LogP contribution in [0.4, 0.5) is 5.69 Å². The molecule has 0 aliphatic carbocycles. The summed E-state index contributed by atoms with van der Waals surface area (Å²) < 4.78 is 0. The third kappa shape index (κ3) is 4.24. The van der Waals surface area contributed by atoms with Gasteiger partial charge in [0, 0.05) is 18.3 Å². The molecule has 2 rings (SSSR count). The van der Waals surface area contributed by atoms with E-state index in [4.69, 9.17) is 0 Å². The zero-order valence-corrected chi connectivity index (χ0v) is 13.2. The number of nitrogens with one attached hydrogen (secondary N) is 1. The lowest BCUT2D eigenvalue weighted by molar-refractivity contribution is 0.534. The molecule has 1 aromatic carbocycles. The largest absolute Gasteiger partial charge is 0.369 e. The Balaban J connectivity index is 1.90. The first-order valence-corrected chi connectivity index (χ1v) is 8.38. The molecule has 1 heterocycles. The van der Waals surface area contributed by atoms with Crippen LogP contribution in [0.25, 0.3) is 0 Å². The topological polar surface area (TPSA) is 15.3 Å². The van der Waals surface area contributed by atoms with Crippen LogP contribution < -0.4 is 10.2 Å². The predicted molar refractivity (Wildman–Crippen MR) is 88.6 cm³/mol. The maximum atomic E-state index is 3.51. The van der Waals surface area contributed by atoms with Crippen molar-refractivity contribution in [2.24, 2.45) is 0 Å². The van der Waals surface area contributed by atoms with Gasteiger partial charge in [0.25, 0.3) is 0 Å². The second kappa shape index (κ2) is 8.31. The third-order valence-electron chi connectivity index (χ3n) is 4.33. The van der Waals surface area contributed by atoms with Crippen LogP contribution in [0.3, 0.4) is 0 Å². The Bertz CT molecular complexity index is 389. The Morgan fingerprint density at radius 2 is 2.05 bits per heavy atom. The van der Waals surface area contributed by atoms with Crippen LogP contribution >= 0.6 is 0 Å². The summed E-state index contributed by atoms with van der Waals surface area (Å²) in [6.45, 7) is 8.15. The zero-order valence-electron chi connectivity index (χ0n) is 13.2. The highest BCUT2D eigenvalue weighted by atomic mass is 15.2. The van der Waals surface area contributed by atoms with E-state index in [1.54, 1.807) is 5.56 Å². The maximum absolute atomic E-state index is 3.51. The summed E-state index contributed by atoms with van der Waals surface area (Å²) in [4.78, 5) is 2.64. The smallest absolute Gasteiger partial charge is 0.0401 e. The van der Waals surface area contributed by atoms with Crippen molar-refractivity contribution in [3.63, 3.8) is 0 Å². The molecule has 1 unspecified atom stereocenters. The van der Waals surface area contributed by atoms with E-state index in [2.05, 4.69) is 48.3 Å². The fourth-order valence-corrected chi connectivity index (χ4v) is 3.16. The Hall–Kier alpha value is -1.02. The van der Waals surface area contributed by atoms with Gasteiger partial charge in [-0.3, -0.25) is 0 Å². The number of nitrogens with zero attached hydrogens (tertiary/aromatic N) is 1. The zero-order chi connectivity index (χ0) is 14.2. The number of fused-ring (bicyclic) bond motifs is 1. The van der Waals surface area contributed by atoms with Crippen LogP contribution in [0.2, 0.25) is 0 Å². The van der Waals surface area contributed by atoms with Gasteiger partial charge >= 0.3 is 0 Å². The highest BCUT2D eigenvalue weighted by Crippen LogP contribution is 2.28. The highest BCUT2D eigenvalue weighted by molar-refractivity contribution is 5.55. The van der Waals surface area contributed by atoms with Gasteiger partial charge < -0.3 is 10.2 Å². The van der Waals surface area contributed by atoms with E-state index in [1.165, 1.54) is 50.8 Å². The fraction of sp³-hybridized carbons (Fsp3) is 0.667. The van der Waals surface area contributed by atoms with E-state index in [0.717, 1.165) is 13.1 Å². The number of anilines is 1. The molecular formula is C18H30N2. The molecule has 2 heteroatoms. The number of hydrogen-bond donors (Lipinski definition) is 1. The Morgan fingerprint density at radius 3 is 2.90 bits per heavy atom. The summed E-state index contributed by atoms with van der Waals surface area (Å²) in [5, 5.41) is 3.51. The normalized spacial score (nSPS) is 16.6. The summed E-state index contributed by atoms with van der Waals surface area (Å²) in [5.41, 5.74) is 3.03. The number of hydrogen-bond acceptors (Lipinski definition) is 2. The third-order valence-corrected chi connectivity index (χ3v) is 4.33. The average Bonchev–Trinajstić information content (AvgIpc) is 2.69. The van der Waals surface area contributed by atoms with Gasteiger partial charge in [-0.05, 0) is 70.2 Å². The van der Waals surface area contributed by atoms with Crippen molar-refractivity contribution < 1.29 is 0 Å².